The number of likely N-dealkylation sites (N-methyl/N-ethyl adjacent to an activating group) is 1. The second kappa shape index (κ2) is 5.65. The average molecular weight is 284 g/mol. The lowest BCUT2D eigenvalue weighted by Crippen LogP contribution is -2.20. The molecule has 1 atom stereocenters. The summed E-state index contributed by atoms with van der Waals surface area (Å²) in [6.45, 7) is 2.12. The molecule has 6 heteroatoms. The van der Waals surface area contributed by atoms with Crippen molar-refractivity contribution in [1.82, 2.24) is 29.7 Å². The van der Waals surface area contributed by atoms with Gasteiger partial charge in [-0.2, -0.15) is 10.2 Å². The molecule has 6 nitrogen and oxygen atoms in total. The maximum atomic E-state index is 4.52. The zero-order valence-corrected chi connectivity index (χ0v) is 12.6. The number of aryl methyl sites for hydroxylation is 2. The van der Waals surface area contributed by atoms with Crippen LogP contribution in [-0.2, 0) is 19.9 Å². The first-order valence-electron chi connectivity index (χ1n) is 7.19. The van der Waals surface area contributed by atoms with Gasteiger partial charge in [-0.1, -0.05) is 6.92 Å². The Morgan fingerprint density at radius 2 is 2.19 bits per heavy atom. The van der Waals surface area contributed by atoms with Crippen LogP contribution in [0.4, 0.5) is 0 Å². The predicted octanol–water partition coefficient (Wildman–Crippen LogP) is 1.53. The molecule has 21 heavy (non-hydrogen) atoms. The minimum absolute atomic E-state index is 0.187. The molecule has 0 amide bonds. The molecule has 0 spiro atoms. The summed E-state index contributed by atoms with van der Waals surface area (Å²) in [5, 5.41) is 12.3. The van der Waals surface area contributed by atoms with Gasteiger partial charge in [0.25, 0.3) is 0 Å². The molecule has 0 aliphatic heterocycles. The summed E-state index contributed by atoms with van der Waals surface area (Å²) in [6.07, 6.45) is 9.20. The van der Waals surface area contributed by atoms with Crippen LogP contribution in [0.15, 0.2) is 30.9 Å². The molecular formula is C15H20N6. The summed E-state index contributed by atoms with van der Waals surface area (Å²) >= 11 is 0. The summed E-state index contributed by atoms with van der Waals surface area (Å²) in [5.74, 6) is 0. The molecule has 1 N–H and O–H groups in total. The van der Waals surface area contributed by atoms with E-state index in [1.54, 1.807) is 6.20 Å². The van der Waals surface area contributed by atoms with E-state index in [1.165, 1.54) is 5.69 Å². The predicted molar refractivity (Wildman–Crippen MR) is 81.1 cm³/mol. The number of nitrogens with one attached hydrogen (secondary N) is 1. The number of hydrogen-bond acceptors (Lipinski definition) is 4. The minimum Gasteiger partial charge on any atom is -0.313 e. The molecular weight excluding hydrogens is 264 g/mol. The van der Waals surface area contributed by atoms with Gasteiger partial charge in [0.1, 0.15) is 0 Å². The molecule has 1 unspecified atom stereocenters. The normalized spacial score (nSPS) is 12.9. The summed E-state index contributed by atoms with van der Waals surface area (Å²) in [6, 6.07) is 2.36. The Balaban J connectivity index is 1.93. The van der Waals surface area contributed by atoms with Gasteiger partial charge in [-0.3, -0.25) is 9.67 Å². The van der Waals surface area contributed by atoms with E-state index < -0.39 is 0 Å². The molecule has 3 rings (SSSR count). The zero-order chi connectivity index (χ0) is 14.8. The van der Waals surface area contributed by atoms with E-state index in [4.69, 9.17) is 0 Å². The number of hydrogen-bond donors (Lipinski definition) is 1. The van der Waals surface area contributed by atoms with E-state index in [2.05, 4.69) is 33.5 Å². The highest BCUT2D eigenvalue weighted by Crippen LogP contribution is 2.22. The quantitative estimate of drug-likeness (QED) is 0.772. The third-order valence-corrected chi connectivity index (χ3v) is 3.88. The van der Waals surface area contributed by atoms with E-state index in [0.717, 1.165) is 29.6 Å². The Labute approximate surface area is 123 Å². The molecule has 0 fully saturated rings. The van der Waals surface area contributed by atoms with Gasteiger partial charge in [0.15, 0.2) is 0 Å². The lowest BCUT2D eigenvalue weighted by atomic mass is 10.0. The van der Waals surface area contributed by atoms with Crippen LogP contribution in [0.1, 0.15) is 29.9 Å². The van der Waals surface area contributed by atoms with Crippen LogP contribution in [0.2, 0.25) is 0 Å². The average Bonchev–Trinajstić information content (AvgIpc) is 3.08. The van der Waals surface area contributed by atoms with Crippen LogP contribution in [-0.4, -0.2) is 31.4 Å². The van der Waals surface area contributed by atoms with E-state index in [1.807, 2.05) is 41.9 Å². The van der Waals surface area contributed by atoms with Crippen LogP contribution in [0.25, 0.3) is 5.52 Å². The molecule has 0 aromatic carbocycles. The molecule has 0 aliphatic rings. The van der Waals surface area contributed by atoms with Gasteiger partial charge in [0.05, 0.1) is 23.6 Å². The van der Waals surface area contributed by atoms with Crippen molar-refractivity contribution in [3.8, 4) is 0 Å². The monoisotopic (exact) mass is 284 g/mol. The number of nitrogens with zero attached hydrogens (tertiary/aromatic N) is 5. The van der Waals surface area contributed by atoms with Crippen LogP contribution in [0, 0.1) is 0 Å². The van der Waals surface area contributed by atoms with Gasteiger partial charge >= 0.3 is 0 Å². The molecule has 0 aliphatic carbocycles. The van der Waals surface area contributed by atoms with E-state index >= 15 is 0 Å². The van der Waals surface area contributed by atoms with Crippen molar-refractivity contribution in [3.63, 3.8) is 0 Å². The molecule has 0 saturated carbocycles. The van der Waals surface area contributed by atoms with E-state index in [-0.39, 0.29) is 6.04 Å². The summed E-state index contributed by atoms with van der Waals surface area (Å²) in [5.41, 5.74) is 4.54. The largest absolute Gasteiger partial charge is 0.313 e. The third kappa shape index (κ3) is 2.54. The first kappa shape index (κ1) is 13.8. The van der Waals surface area contributed by atoms with Crippen molar-refractivity contribution >= 4 is 5.52 Å². The fourth-order valence-corrected chi connectivity index (χ4v) is 2.63. The zero-order valence-electron chi connectivity index (χ0n) is 12.6. The highest BCUT2D eigenvalue weighted by Gasteiger charge is 2.17. The Morgan fingerprint density at radius 3 is 2.90 bits per heavy atom. The molecule has 0 saturated heterocycles. The SMILES string of the molecule is CCc1cc(CC(NC)c2cnn3ccncc23)n(C)n1. The van der Waals surface area contributed by atoms with E-state index in [0.29, 0.717) is 0 Å². The first-order chi connectivity index (χ1) is 10.2. The second-order valence-electron chi connectivity index (χ2n) is 5.16. The molecule has 3 aromatic heterocycles. The molecule has 3 aromatic rings. The van der Waals surface area contributed by atoms with Crippen molar-refractivity contribution in [2.75, 3.05) is 7.05 Å². The molecule has 3 heterocycles. The Bertz CT molecular complexity index is 742. The summed E-state index contributed by atoms with van der Waals surface area (Å²) in [7, 11) is 3.97. The van der Waals surface area contributed by atoms with Crippen molar-refractivity contribution in [3.05, 3.63) is 47.8 Å². The van der Waals surface area contributed by atoms with Gasteiger partial charge in [-0.15, -0.1) is 0 Å². The standard InChI is InChI=1S/C15H20N6/c1-4-11-7-12(20(3)19-11)8-14(16-2)13-9-18-21-6-5-17-10-15(13)21/h5-7,9-10,14,16H,4,8H2,1-3H3. The van der Waals surface area contributed by atoms with E-state index in [9.17, 15) is 0 Å². The van der Waals surface area contributed by atoms with Crippen LogP contribution >= 0.6 is 0 Å². The van der Waals surface area contributed by atoms with Crippen LogP contribution in [0.3, 0.4) is 0 Å². The van der Waals surface area contributed by atoms with Gasteiger partial charge in [0, 0.05) is 43.2 Å². The van der Waals surface area contributed by atoms with Crippen molar-refractivity contribution < 1.29 is 0 Å². The molecule has 0 bridgehead atoms. The molecule has 110 valence electrons. The number of aromatic nitrogens is 5. The summed E-state index contributed by atoms with van der Waals surface area (Å²) in [4.78, 5) is 4.20. The smallest absolute Gasteiger partial charge is 0.0892 e. The first-order valence-corrected chi connectivity index (χ1v) is 7.19. The lowest BCUT2D eigenvalue weighted by molar-refractivity contribution is 0.564. The number of rotatable bonds is 5. The lowest BCUT2D eigenvalue weighted by Gasteiger charge is -2.15. The Kier molecular flexibility index (Phi) is 3.70. The van der Waals surface area contributed by atoms with Crippen molar-refractivity contribution in [2.24, 2.45) is 7.05 Å². The third-order valence-electron chi connectivity index (χ3n) is 3.88. The van der Waals surface area contributed by atoms with Gasteiger partial charge < -0.3 is 5.32 Å². The van der Waals surface area contributed by atoms with Gasteiger partial charge in [-0.05, 0) is 19.5 Å². The minimum atomic E-state index is 0.187. The summed E-state index contributed by atoms with van der Waals surface area (Å²) < 4.78 is 3.82. The maximum absolute atomic E-state index is 4.52. The van der Waals surface area contributed by atoms with Crippen molar-refractivity contribution in [1.29, 1.82) is 0 Å². The fraction of sp³-hybridized carbons (Fsp3) is 0.400. The molecule has 0 radical (unpaired) electrons. The Hall–Kier alpha value is -2.21. The fourth-order valence-electron chi connectivity index (χ4n) is 2.63. The van der Waals surface area contributed by atoms with Gasteiger partial charge in [-0.25, -0.2) is 4.52 Å². The highest BCUT2D eigenvalue weighted by atomic mass is 15.3. The topological polar surface area (TPSA) is 60.0 Å². The van der Waals surface area contributed by atoms with Crippen LogP contribution in [0.5, 0.6) is 0 Å². The maximum Gasteiger partial charge on any atom is 0.0892 e. The Morgan fingerprint density at radius 1 is 1.33 bits per heavy atom. The highest BCUT2D eigenvalue weighted by molar-refractivity contribution is 5.53. The van der Waals surface area contributed by atoms with Crippen LogP contribution < -0.4 is 5.32 Å². The van der Waals surface area contributed by atoms with Crippen molar-refractivity contribution in [2.45, 2.75) is 25.8 Å². The van der Waals surface area contributed by atoms with Gasteiger partial charge in [0.2, 0.25) is 0 Å². The number of fused-ring (bicyclic) bond motifs is 1. The second-order valence-corrected chi connectivity index (χ2v) is 5.16.